The van der Waals surface area contributed by atoms with Gasteiger partial charge in [-0.1, -0.05) is 11.6 Å². The van der Waals surface area contributed by atoms with Crippen LogP contribution < -0.4 is 9.47 Å². The molecule has 1 atom stereocenters. The van der Waals surface area contributed by atoms with E-state index in [4.69, 9.17) is 21.1 Å². The topological polar surface area (TPSA) is 81.1 Å². The Morgan fingerprint density at radius 2 is 1.84 bits per heavy atom. The quantitative estimate of drug-likeness (QED) is 0.510. The van der Waals surface area contributed by atoms with E-state index < -0.39 is 16.1 Å². The Bertz CT molecular complexity index is 1260. The molecule has 0 amide bonds. The maximum atomic E-state index is 12.5. The highest BCUT2D eigenvalue weighted by Crippen LogP contribution is 2.39. The summed E-state index contributed by atoms with van der Waals surface area (Å²) >= 11 is 6.52. The van der Waals surface area contributed by atoms with Crippen molar-refractivity contribution in [1.82, 2.24) is 9.40 Å². The van der Waals surface area contributed by atoms with Crippen LogP contribution in [0.2, 0.25) is 5.15 Å². The van der Waals surface area contributed by atoms with Crippen molar-refractivity contribution >= 4 is 38.2 Å². The Morgan fingerprint density at radius 3 is 2.48 bits per heavy atom. The maximum absolute atomic E-state index is 12.5. The monoisotopic (exact) mass is 459 g/mol. The molecule has 162 valence electrons. The van der Waals surface area contributed by atoms with E-state index in [-0.39, 0.29) is 5.15 Å². The van der Waals surface area contributed by atoms with E-state index in [1.54, 1.807) is 7.11 Å². The molecule has 2 heterocycles. The number of sulfonamides is 1. The lowest BCUT2D eigenvalue weighted by atomic mass is 9.99. The van der Waals surface area contributed by atoms with Crippen LogP contribution in [0.15, 0.2) is 53.6 Å². The zero-order valence-electron chi connectivity index (χ0n) is 17.4. The van der Waals surface area contributed by atoms with Crippen molar-refractivity contribution in [3.05, 3.63) is 64.8 Å². The van der Waals surface area contributed by atoms with E-state index in [0.29, 0.717) is 41.3 Å². The van der Waals surface area contributed by atoms with Gasteiger partial charge in [-0.05, 0) is 55.0 Å². The van der Waals surface area contributed by atoms with Crippen molar-refractivity contribution in [2.75, 3.05) is 20.0 Å². The van der Waals surface area contributed by atoms with Gasteiger partial charge in [0.05, 0.1) is 37.2 Å². The van der Waals surface area contributed by atoms with E-state index >= 15 is 0 Å². The highest BCUT2D eigenvalue weighted by Gasteiger charge is 2.36. The molecule has 0 fully saturated rings. The van der Waals surface area contributed by atoms with Gasteiger partial charge in [0.25, 0.3) is 0 Å². The number of halogens is 1. The summed E-state index contributed by atoms with van der Waals surface area (Å²) in [7, 11) is -2.03. The normalized spacial score (nSPS) is 16.5. The molecule has 7 nitrogen and oxygen atoms in total. The Kier molecular flexibility index (Phi) is 5.77. The molecule has 1 aromatic heterocycles. The van der Waals surface area contributed by atoms with Crippen LogP contribution in [0.3, 0.4) is 0 Å². The van der Waals surface area contributed by atoms with Crippen LogP contribution in [-0.4, -0.2) is 43.5 Å². The van der Waals surface area contributed by atoms with Crippen LogP contribution in [0.1, 0.15) is 30.5 Å². The van der Waals surface area contributed by atoms with Gasteiger partial charge in [-0.15, -0.1) is 0 Å². The minimum Gasteiger partial charge on any atom is -0.497 e. The van der Waals surface area contributed by atoms with E-state index in [1.165, 1.54) is 0 Å². The minimum absolute atomic E-state index is 0.242. The van der Waals surface area contributed by atoms with Crippen LogP contribution in [0.25, 0.3) is 10.9 Å². The molecule has 0 radical (unpaired) electrons. The smallest absolute Gasteiger partial charge is 0.247 e. The first-order valence-corrected chi connectivity index (χ1v) is 12.0. The van der Waals surface area contributed by atoms with Crippen LogP contribution in [0, 0.1) is 0 Å². The van der Waals surface area contributed by atoms with Crippen molar-refractivity contribution in [3.8, 4) is 11.5 Å². The Morgan fingerprint density at radius 1 is 1.13 bits per heavy atom. The molecule has 4 rings (SSSR count). The number of methoxy groups -OCH3 is 1. The van der Waals surface area contributed by atoms with Crippen molar-refractivity contribution in [2.45, 2.75) is 19.4 Å². The third kappa shape index (κ3) is 4.31. The Hall–Kier alpha value is -2.84. The number of rotatable bonds is 6. The van der Waals surface area contributed by atoms with Gasteiger partial charge in [0.1, 0.15) is 16.7 Å². The Labute approximate surface area is 186 Å². The third-order valence-corrected chi connectivity index (χ3v) is 6.39. The third-order valence-electron chi connectivity index (χ3n) is 5.08. The molecule has 0 aliphatic carbocycles. The second-order valence-corrected chi connectivity index (χ2v) is 9.38. The molecule has 2 aromatic carbocycles. The molecule has 0 unspecified atom stereocenters. The highest BCUT2D eigenvalue weighted by atomic mass is 35.5. The molecular weight excluding hydrogens is 438 g/mol. The van der Waals surface area contributed by atoms with E-state index in [9.17, 15) is 8.42 Å². The van der Waals surface area contributed by atoms with Crippen molar-refractivity contribution < 1.29 is 17.9 Å². The van der Waals surface area contributed by atoms with Crippen LogP contribution in [0.4, 0.5) is 0 Å². The fourth-order valence-electron chi connectivity index (χ4n) is 3.61. The molecule has 0 spiro atoms. The van der Waals surface area contributed by atoms with Gasteiger partial charge < -0.3 is 9.47 Å². The number of fused-ring (bicyclic) bond motifs is 1. The minimum atomic E-state index is -3.62. The predicted molar refractivity (Wildman–Crippen MR) is 121 cm³/mol. The summed E-state index contributed by atoms with van der Waals surface area (Å²) in [5, 5.41) is 5.50. The fraction of sp³-hybridized carbons (Fsp3) is 0.273. The summed E-state index contributed by atoms with van der Waals surface area (Å²) in [5.74, 6) is 1.42. The van der Waals surface area contributed by atoms with Crippen LogP contribution >= 0.6 is 11.6 Å². The second-order valence-electron chi connectivity index (χ2n) is 7.19. The van der Waals surface area contributed by atoms with Crippen molar-refractivity contribution in [3.63, 3.8) is 0 Å². The molecule has 3 aromatic rings. The van der Waals surface area contributed by atoms with Gasteiger partial charge in [0, 0.05) is 23.4 Å². The largest absolute Gasteiger partial charge is 0.497 e. The molecule has 31 heavy (non-hydrogen) atoms. The summed E-state index contributed by atoms with van der Waals surface area (Å²) in [5.41, 5.74) is 2.76. The summed E-state index contributed by atoms with van der Waals surface area (Å²) < 4.78 is 36.9. The molecule has 0 N–H and O–H groups in total. The molecule has 0 saturated carbocycles. The number of hydrazone groups is 1. The number of benzene rings is 2. The Balaban J connectivity index is 1.74. The number of hydrogen-bond acceptors (Lipinski definition) is 6. The van der Waals surface area contributed by atoms with Gasteiger partial charge in [-0.3, -0.25) is 0 Å². The fourth-order valence-corrected chi connectivity index (χ4v) is 4.78. The second kappa shape index (κ2) is 8.36. The van der Waals surface area contributed by atoms with Gasteiger partial charge in [-0.2, -0.15) is 9.52 Å². The number of hydrogen-bond donors (Lipinski definition) is 0. The molecule has 1 aliphatic rings. The summed E-state index contributed by atoms with van der Waals surface area (Å²) in [6.07, 6.45) is 1.51. The molecule has 9 heteroatoms. The molecule has 0 bridgehead atoms. The van der Waals surface area contributed by atoms with E-state index in [2.05, 4.69) is 10.1 Å². The zero-order chi connectivity index (χ0) is 22.2. The average Bonchev–Trinajstić information content (AvgIpc) is 3.19. The summed E-state index contributed by atoms with van der Waals surface area (Å²) in [6, 6.07) is 14.2. The number of pyridine rings is 1. The first kappa shape index (κ1) is 21.4. The standard InChI is InChI=1S/C22H22ClN3O4S/c1-4-30-17-10-7-15-11-18(22(23)24-19(15)12-17)21-13-20(25-26(21)31(3,27)28)14-5-8-16(29-2)9-6-14/h5-12,21H,4,13H2,1-3H3/t21-/m1/s1. The van der Waals surface area contributed by atoms with Crippen LogP contribution in [0.5, 0.6) is 11.5 Å². The predicted octanol–water partition coefficient (Wildman–Crippen LogP) is 4.41. The zero-order valence-corrected chi connectivity index (χ0v) is 18.9. The van der Waals surface area contributed by atoms with E-state index in [0.717, 1.165) is 21.6 Å². The van der Waals surface area contributed by atoms with Gasteiger partial charge in [0.2, 0.25) is 10.0 Å². The first-order chi connectivity index (χ1) is 14.8. The molecular formula is C22H22ClN3O4S. The van der Waals surface area contributed by atoms with Gasteiger partial charge >= 0.3 is 0 Å². The van der Waals surface area contributed by atoms with Crippen molar-refractivity contribution in [1.29, 1.82) is 0 Å². The molecule has 1 aliphatic heterocycles. The summed E-state index contributed by atoms with van der Waals surface area (Å²) in [6.45, 7) is 2.46. The maximum Gasteiger partial charge on any atom is 0.247 e. The lowest BCUT2D eigenvalue weighted by Gasteiger charge is -2.22. The van der Waals surface area contributed by atoms with Crippen molar-refractivity contribution in [2.24, 2.45) is 5.10 Å². The lowest BCUT2D eigenvalue weighted by molar-refractivity contribution is 0.340. The average molecular weight is 460 g/mol. The van der Waals surface area contributed by atoms with E-state index in [1.807, 2.05) is 55.5 Å². The van der Waals surface area contributed by atoms with Gasteiger partial charge in [0.15, 0.2) is 0 Å². The molecule has 0 saturated heterocycles. The summed E-state index contributed by atoms with van der Waals surface area (Å²) in [4.78, 5) is 4.50. The lowest BCUT2D eigenvalue weighted by Crippen LogP contribution is -2.26. The number of ether oxygens (including phenoxy) is 2. The number of nitrogens with zero attached hydrogens (tertiary/aromatic N) is 3. The van der Waals surface area contributed by atoms with Gasteiger partial charge in [-0.25, -0.2) is 13.4 Å². The first-order valence-electron chi connectivity index (χ1n) is 9.74. The van der Waals surface area contributed by atoms with Crippen LogP contribution in [-0.2, 0) is 10.0 Å². The highest BCUT2D eigenvalue weighted by molar-refractivity contribution is 7.88. The number of aromatic nitrogens is 1. The SMILES string of the molecule is CCOc1ccc2cc([C@H]3CC(c4ccc(OC)cc4)=NN3S(C)(=O)=O)c(Cl)nc2c1.